The zero-order valence-electron chi connectivity index (χ0n) is 17.1. The van der Waals surface area contributed by atoms with E-state index in [-0.39, 0.29) is 17.9 Å². The molecule has 154 valence electrons. The summed E-state index contributed by atoms with van der Waals surface area (Å²) in [5.74, 6) is 0.837. The summed E-state index contributed by atoms with van der Waals surface area (Å²) in [5.41, 5.74) is 3.91. The highest BCUT2D eigenvalue weighted by molar-refractivity contribution is 5.95. The quantitative estimate of drug-likeness (QED) is 0.754. The van der Waals surface area contributed by atoms with E-state index < -0.39 is 0 Å². The molecule has 30 heavy (non-hydrogen) atoms. The Morgan fingerprint density at radius 1 is 1.30 bits per heavy atom. The average Bonchev–Trinajstić information content (AvgIpc) is 2.76. The molecule has 1 amide bonds. The fraction of sp³-hybridized carbons (Fsp3) is 0.375. The summed E-state index contributed by atoms with van der Waals surface area (Å²) in [6.45, 7) is 2.70. The number of rotatable bonds is 5. The normalized spacial score (nSPS) is 21.9. The lowest BCUT2D eigenvalue weighted by molar-refractivity contribution is -0.115. The highest BCUT2D eigenvalue weighted by Gasteiger charge is 2.40. The zero-order chi connectivity index (χ0) is 21.0. The van der Waals surface area contributed by atoms with Gasteiger partial charge < -0.3 is 15.4 Å². The maximum atomic E-state index is 11.9. The highest BCUT2D eigenvalue weighted by Crippen LogP contribution is 2.46. The van der Waals surface area contributed by atoms with Gasteiger partial charge in [0.1, 0.15) is 17.8 Å². The average molecular weight is 402 g/mol. The molecule has 1 aliphatic carbocycles. The molecular weight excluding hydrogens is 376 g/mol. The van der Waals surface area contributed by atoms with E-state index in [1.807, 2.05) is 31.4 Å². The molecule has 2 N–H and O–H groups in total. The first kappa shape index (κ1) is 20.0. The summed E-state index contributed by atoms with van der Waals surface area (Å²) in [4.78, 5) is 16.3. The molecule has 1 saturated carbocycles. The van der Waals surface area contributed by atoms with Gasteiger partial charge in [-0.25, -0.2) is 4.98 Å². The number of nitriles is 1. The minimum atomic E-state index is -0.322. The SMILES string of the molecule is Cc1ccnc(NCC2CCC3(CC2)OC=Cc2ccccc23)c1NC(=O)CC#N. The van der Waals surface area contributed by atoms with Crippen molar-refractivity contribution in [3.8, 4) is 6.07 Å². The first-order chi connectivity index (χ1) is 14.6. The Balaban J connectivity index is 1.39. The molecule has 2 aliphatic rings. The fourth-order valence-corrected chi connectivity index (χ4v) is 4.44. The van der Waals surface area contributed by atoms with Crippen LogP contribution in [0.1, 0.15) is 48.8 Å². The van der Waals surface area contributed by atoms with E-state index in [4.69, 9.17) is 10.00 Å². The summed E-state index contributed by atoms with van der Waals surface area (Å²) in [7, 11) is 0. The summed E-state index contributed by atoms with van der Waals surface area (Å²) in [6.07, 6.45) is 9.50. The molecule has 1 aromatic carbocycles. The van der Waals surface area contributed by atoms with Crippen LogP contribution in [0, 0.1) is 24.2 Å². The Hall–Kier alpha value is -3.33. The van der Waals surface area contributed by atoms with Crippen LogP contribution in [0.4, 0.5) is 11.5 Å². The topological polar surface area (TPSA) is 87.0 Å². The number of hydrogen-bond acceptors (Lipinski definition) is 5. The number of amides is 1. The molecular formula is C24H26N4O2. The van der Waals surface area contributed by atoms with Gasteiger partial charge in [-0.2, -0.15) is 5.26 Å². The van der Waals surface area contributed by atoms with Crippen LogP contribution in [-0.2, 0) is 15.1 Å². The van der Waals surface area contributed by atoms with Crippen LogP contribution in [-0.4, -0.2) is 17.4 Å². The predicted octanol–water partition coefficient (Wildman–Crippen LogP) is 4.74. The lowest BCUT2D eigenvalue weighted by Gasteiger charge is -2.42. The number of anilines is 2. The fourth-order valence-electron chi connectivity index (χ4n) is 4.44. The molecule has 1 fully saturated rings. The lowest BCUT2D eigenvalue weighted by Crippen LogP contribution is -2.36. The molecule has 6 nitrogen and oxygen atoms in total. The van der Waals surface area contributed by atoms with Crippen LogP contribution in [0.2, 0.25) is 0 Å². The third kappa shape index (κ3) is 4.02. The molecule has 0 saturated heterocycles. The number of ether oxygens (including phenoxy) is 1. The summed E-state index contributed by atoms with van der Waals surface area (Å²) in [5, 5.41) is 15.0. The van der Waals surface area contributed by atoms with Crippen LogP contribution in [0.15, 0.2) is 42.8 Å². The molecule has 1 aromatic heterocycles. The van der Waals surface area contributed by atoms with E-state index in [2.05, 4.69) is 39.9 Å². The minimum Gasteiger partial charge on any atom is -0.490 e. The third-order valence-electron chi connectivity index (χ3n) is 6.13. The van der Waals surface area contributed by atoms with Gasteiger partial charge >= 0.3 is 0 Å². The first-order valence-corrected chi connectivity index (χ1v) is 10.4. The van der Waals surface area contributed by atoms with Gasteiger partial charge in [0, 0.05) is 18.3 Å². The van der Waals surface area contributed by atoms with E-state index in [0.717, 1.165) is 37.8 Å². The van der Waals surface area contributed by atoms with Crippen LogP contribution in [0.25, 0.3) is 6.08 Å². The van der Waals surface area contributed by atoms with Crippen molar-refractivity contribution >= 4 is 23.5 Å². The number of aryl methyl sites for hydroxylation is 1. The van der Waals surface area contributed by atoms with Gasteiger partial charge in [0.2, 0.25) is 5.91 Å². The Morgan fingerprint density at radius 3 is 2.90 bits per heavy atom. The van der Waals surface area contributed by atoms with E-state index >= 15 is 0 Å². The smallest absolute Gasteiger partial charge is 0.238 e. The van der Waals surface area contributed by atoms with Crippen molar-refractivity contribution in [2.24, 2.45) is 5.92 Å². The Kier molecular flexibility index (Phi) is 5.71. The molecule has 1 spiro atoms. The molecule has 6 heteroatoms. The Labute approximate surface area is 177 Å². The number of hydrogen-bond donors (Lipinski definition) is 2. The van der Waals surface area contributed by atoms with Gasteiger partial charge in [0.25, 0.3) is 0 Å². The summed E-state index contributed by atoms with van der Waals surface area (Å²) >= 11 is 0. The van der Waals surface area contributed by atoms with Crippen molar-refractivity contribution in [3.05, 3.63) is 59.5 Å². The molecule has 2 aromatic rings. The second-order valence-corrected chi connectivity index (χ2v) is 8.06. The number of benzene rings is 1. The molecule has 1 aliphatic heterocycles. The Bertz CT molecular complexity index is 1000. The maximum absolute atomic E-state index is 11.9. The number of carbonyl (C=O) groups excluding carboxylic acids is 1. The molecule has 0 bridgehead atoms. The highest BCUT2D eigenvalue weighted by atomic mass is 16.5. The van der Waals surface area contributed by atoms with E-state index in [9.17, 15) is 4.79 Å². The Morgan fingerprint density at radius 2 is 2.10 bits per heavy atom. The number of carbonyl (C=O) groups is 1. The van der Waals surface area contributed by atoms with Crippen molar-refractivity contribution < 1.29 is 9.53 Å². The summed E-state index contributed by atoms with van der Waals surface area (Å²) < 4.78 is 6.16. The van der Waals surface area contributed by atoms with Crippen LogP contribution in [0.3, 0.4) is 0 Å². The van der Waals surface area contributed by atoms with Crippen LogP contribution in [0.5, 0.6) is 0 Å². The molecule has 0 unspecified atom stereocenters. The van der Waals surface area contributed by atoms with Gasteiger partial charge in [0.15, 0.2) is 0 Å². The van der Waals surface area contributed by atoms with Crippen molar-refractivity contribution in [3.63, 3.8) is 0 Å². The standard InChI is InChI=1S/C24H26N4O2/c1-17-9-14-26-23(22(17)28-21(29)8-13-25)27-16-18-6-11-24(12-7-18)20-5-3-2-4-19(20)10-15-30-24/h2-5,9-10,14-15,18H,6-8,11-12,16H2,1H3,(H,26,27)(H,28,29). The molecule has 0 radical (unpaired) electrons. The molecule has 2 heterocycles. The van der Waals surface area contributed by atoms with Crippen molar-refractivity contribution in [2.75, 3.05) is 17.2 Å². The van der Waals surface area contributed by atoms with Gasteiger partial charge in [-0.1, -0.05) is 24.3 Å². The molecule has 4 rings (SSSR count). The largest absolute Gasteiger partial charge is 0.490 e. The zero-order valence-corrected chi connectivity index (χ0v) is 17.1. The number of pyridine rings is 1. The minimum absolute atomic E-state index is 0.172. The van der Waals surface area contributed by atoms with Gasteiger partial charge in [-0.3, -0.25) is 4.79 Å². The second-order valence-electron chi connectivity index (χ2n) is 8.06. The van der Waals surface area contributed by atoms with Crippen LogP contribution < -0.4 is 10.6 Å². The van der Waals surface area contributed by atoms with Crippen LogP contribution >= 0.6 is 0 Å². The number of fused-ring (bicyclic) bond motifs is 2. The third-order valence-corrected chi connectivity index (χ3v) is 6.13. The van der Waals surface area contributed by atoms with E-state index in [0.29, 0.717) is 17.4 Å². The van der Waals surface area contributed by atoms with Crippen molar-refractivity contribution in [1.29, 1.82) is 5.26 Å². The molecule has 0 atom stereocenters. The second kappa shape index (κ2) is 8.58. The van der Waals surface area contributed by atoms with Gasteiger partial charge in [-0.05, 0) is 61.8 Å². The predicted molar refractivity (Wildman–Crippen MR) is 117 cm³/mol. The summed E-state index contributed by atoms with van der Waals surface area (Å²) in [6, 6.07) is 12.2. The maximum Gasteiger partial charge on any atom is 0.238 e. The number of aromatic nitrogens is 1. The lowest BCUT2D eigenvalue weighted by atomic mass is 9.73. The van der Waals surface area contributed by atoms with Crippen molar-refractivity contribution in [2.45, 2.75) is 44.6 Å². The van der Waals surface area contributed by atoms with E-state index in [1.54, 1.807) is 6.20 Å². The number of nitrogens with zero attached hydrogens (tertiary/aromatic N) is 2. The van der Waals surface area contributed by atoms with Gasteiger partial charge in [-0.15, -0.1) is 0 Å². The van der Waals surface area contributed by atoms with E-state index in [1.165, 1.54) is 11.1 Å². The van der Waals surface area contributed by atoms with Gasteiger partial charge in [0.05, 0.1) is 18.0 Å². The number of nitrogens with one attached hydrogen (secondary N) is 2. The monoisotopic (exact) mass is 402 g/mol. The first-order valence-electron chi connectivity index (χ1n) is 10.4. The van der Waals surface area contributed by atoms with Crippen molar-refractivity contribution in [1.82, 2.24) is 4.98 Å².